The summed E-state index contributed by atoms with van der Waals surface area (Å²) < 4.78 is 28.1. The van der Waals surface area contributed by atoms with Crippen LogP contribution in [-0.2, 0) is 14.8 Å². The number of nitrogens with zero attached hydrogens (tertiary/aromatic N) is 1. The first-order valence-corrected chi connectivity index (χ1v) is 12.9. The largest absolute Gasteiger partial charge is 0.389 e. The van der Waals surface area contributed by atoms with Crippen LogP contribution in [0, 0.1) is 18.8 Å². The molecule has 2 N–H and O–H groups in total. The van der Waals surface area contributed by atoms with E-state index in [1.165, 1.54) is 0 Å². The number of aryl methyl sites for hydroxylation is 1. The molecule has 3 fully saturated rings. The van der Waals surface area contributed by atoms with Crippen molar-refractivity contribution in [3.63, 3.8) is 0 Å². The summed E-state index contributed by atoms with van der Waals surface area (Å²) >= 11 is 0. The van der Waals surface area contributed by atoms with Crippen LogP contribution in [0.1, 0.15) is 63.4 Å². The van der Waals surface area contributed by atoms with Crippen LogP contribution < -0.4 is 4.72 Å². The molecule has 0 spiro atoms. The number of piperidine rings is 1. The first kappa shape index (κ1) is 21.8. The fourth-order valence-corrected chi connectivity index (χ4v) is 6.80. The van der Waals surface area contributed by atoms with Gasteiger partial charge in [0.15, 0.2) is 0 Å². The van der Waals surface area contributed by atoms with Crippen LogP contribution in [0.5, 0.6) is 0 Å². The molecule has 2 aliphatic carbocycles. The van der Waals surface area contributed by atoms with Crippen LogP contribution in [0.2, 0.25) is 0 Å². The van der Waals surface area contributed by atoms with Crippen molar-refractivity contribution in [1.29, 1.82) is 0 Å². The number of hydrogen-bond acceptors (Lipinski definition) is 4. The predicted octanol–water partition coefficient (Wildman–Crippen LogP) is 2.99. The van der Waals surface area contributed by atoms with Crippen LogP contribution in [0.4, 0.5) is 0 Å². The molecule has 0 radical (unpaired) electrons. The molecular weight excluding hydrogens is 400 g/mol. The Balaban J connectivity index is 1.30. The number of benzene rings is 1. The second-order valence-electron chi connectivity index (χ2n) is 9.56. The van der Waals surface area contributed by atoms with E-state index in [0.29, 0.717) is 50.1 Å². The fourth-order valence-electron chi connectivity index (χ4n) is 5.49. The molecule has 1 aliphatic heterocycles. The molecule has 166 valence electrons. The highest BCUT2D eigenvalue weighted by Gasteiger charge is 2.44. The molecule has 4 rings (SSSR count). The molecule has 1 amide bonds. The average Bonchev–Trinajstić information content (AvgIpc) is 2.73. The lowest BCUT2D eigenvalue weighted by Crippen LogP contribution is -2.55. The summed E-state index contributed by atoms with van der Waals surface area (Å²) in [4.78, 5) is 15.3. The number of hydrogen-bond donors (Lipinski definition) is 2. The zero-order chi connectivity index (χ0) is 21.4. The molecule has 1 aromatic carbocycles. The average molecular weight is 435 g/mol. The second-order valence-corrected chi connectivity index (χ2v) is 11.3. The van der Waals surface area contributed by atoms with E-state index in [9.17, 15) is 18.3 Å². The Morgan fingerprint density at radius 3 is 2.47 bits per heavy atom. The van der Waals surface area contributed by atoms with Crippen LogP contribution in [0.15, 0.2) is 29.2 Å². The highest BCUT2D eigenvalue weighted by Crippen LogP contribution is 2.40. The Hall–Kier alpha value is -1.44. The number of nitrogens with one attached hydrogen (secondary N) is 1. The van der Waals surface area contributed by atoms with E-state index >= 15 is 0 Å². The molecule has 2 atom stereocenters. The Morgan fingerprint density at radius 2 is 1.77 bits per heavy atom. The number of rotatable bonds is 4. The van der Waals surface area contributed by atoms with Crippen LogP contribution >= 0.6 is 0 Å². The maximum atomic E-state index is 13.1. The Bertz CT molecular complexity index is 862. The van der Waals surface area contributed by atoms with Crippen molar-refractivity contribution in [3.05, 3.63) is 29.8 Å². The summed E-state index contributed by atoms with van der Waals surface area (Å²) in [5.74, 6) is 0.379. The van der Waals surface area contributed by atoms with Crippen molar-refractivity contribution >= 4 is 15.9 Å². The number of fused-ring (bicyclic) bond motifs is 1. The van der Waals surface area contributed by atoms with Crippen molar-refractivity contribution in [1.82, 2.24) is 9.62 Å². The standard InChI is InChI=1S/C23H34N2O4S/c1-17-5-11-21(12-6-17)30(28,29)24-20-9-7-18(8-10-20)22(26)25-15-14-23(27)13-3-2-4-19(23)16-25/h5-6,11-12,18-20,24,27H,2-4,7-10,13-16H2,1H3/t18?,19-,20?,23+/m0/s1. The summed E-state index contributed by atoms with van der Waals surface area (Å²) in [6.07, 6.45) is 7.58. The Labute approximate surface area is 180 Å². The summed E-state index contributed by atoms with van der Waals surface area (Å²) in [7, 11) is -3.53. The van der Waals surface area contributed by atoms with Gasteiger partial charge in [0.2, 0.25) is 15.9 Å². The highest BCUT2D eigenvalue weighted by molar-refractivity contribution is 7.89. The van der Waals surface area contributed by atoms with Gasteiger partial charge in [-0.05, 0) is 64.0 Å². The van der Waals surface area contributed by atoms with Crippen molar-refractivity contribution < 1.29 is 18.3 Å². The third-order valence-corrected chi connectivity index (χ3v) is 9.01. The van der Waals surface area contributed by atoms with Gasteiger partial charge in [-0.3, -0.25) is 4.79 Å². The lowest BCUT2D eigenvalue weighted by molar-refractivity contribution is -0.148. The summed E-state index contributed by atoms with van der Waals surface area (Å²) in [6, 6.07) is 6.75. The number of carbonyl (C=O) groups is 1. The second kappa shape index (κ2) is 8.60. The molecule has 1 aromatic rings. The van der Waals surface area contributed by atoms with Crippen molar-refractivity contribution in [2.24, 2.45) is 11.8 Å². The van der Waals surface area contributed by atoms with Crippen LogP contribution in [0.3, 0.4) is 0 Å². The van der Waals surface area contributed by atoms with E-state index in [2.05, 4.69) is 4.72 Å². The predicted molar refractivity (Wildman–Crippen MR) is 115 cm³/mol. The molecule has 6 nitrogen and oxygen atoms in total. The smallest absolute Gasteiger partial charge is 0.240 e. The molecule has 3 aliphatic rings. The van der Waals surface area contributed by atoms with E-state index in [1.54, 1.807) is 24.3 Å². The molecule has 0 unspecified atom stereocenters. The lowest BCUT2D eigenvalue weighted by atomic mass is 9.71. The van der Waals surface area contributed by atoms with E-state index in [0.717, 1.165) is 31.2 Å². The number of likely N-dealkylation sites (tertiary alicyclic amines) is 1. The normalized spacial score (nSPS) is 32.5. The third kappa shape index (κ3) is 4.58. The fraction of sp³-hybridized carbons (Fsp3) is 0.696. The van der Waals surface area contributed by atoms with Gasteiger partial charge in [-0.25, -0.2) is 13.1 Å². The molecule has 0 aromatic heterocycles. The van der Waals surface area contributed by atoms with Gasteiger partial charge in [0.05, 0.1) is 10.5 Å². The molecular formula is C23H34N2O4S. The van der Waals surface area contributed by atoms with Crippen molar-refractivity contribution in [3.8, 4) is 0 Å². The van der Waals surface area contributed by atoms with Gasteiger partial charge in [-0.1, -0.05) is 30.5 Å². The summed E-state index contributed by atoms with van der Waals surface area (Å²) in [5, 5.41) is 10.8. The molecule has 7 heteroatoms. The monoisotopic (exact) mass is 434 g/mol. The molecule has 2 saturated carbocycles. The van der Waals surface area contributed by atoms with E-state index < -0.39 is 15.6 Å². The van der Waals surface area contributed by atoms with Gasteiger partial charge in [-0.15, -0.1) is 0 Å². The minimum absolute atomic E-state index is 0.0279. The van der Waals surface area contributed by atoms with Gasteiger partial charge in [0.25, 0.3) is 0 Å². The summed E-state index contributed by atoms with van der Waals surface area (Å²) in [6.45, 7) is 3.25. The van der Waals surface area contributed by atoms with Gasteiger partial charge in [0, 0.05) is 31.0 Å². The van der Waals surface area contributed by atoms with Crippen LogP contribution in [0.25, 0.3) is 0 Å². The van der Waals surface area contributed by atoms with Crippen LogP contribution in [-0.4, -0.2) is 49.1 Å². The van der Waals surface area contributed by atoms with Crippen molar-refractivity contribution in [2.75, 3.05) is 13.1 Å². The quantitative estimate of drug-likeness (QED) is 0.763. The van der Waals surface area contributed by atoms with Crippen molar-refractivity contribution in [2.45, 2.75) is 81.2 Å². The zero-order valence-corrected chi connectivity index (χ0v) is 18.7. The SMILES string of the molecule is Cc1ccc(S(=O)(=O)NC2CCC(C(=O)N3CC[C@]4(O)CCCC[C@H]4C3)CC2)cc1. The number of amides is 1. The lowest BCUT2D eigenvalue weighted by Gasteiger charge is -2.48. The number of sulfonamides is 1. The zero-order valence-electron chi connectivity index (χ0n) is 17.8. The summed E-state index contributed by atoms with van der Waals surface area (Å²) in [5.41, 5.74) is 0.457. The van der Waals surface area contributed by atoms with E-state index in [-0.39, 0.29) is 23.8 Å². The first-order valence-electron chi connectivity index (χ1n) is 11.4. The Kier molecular flexibility index (Phi) is 6.24. The maximum absolute atomic E-state index is 13.1. The molecule has 30 heavy (non-hydrogen) atoms. The number of aliphatic hydroxyl groups is 1. The molecule has 0 bridgehead atoms. The van der Waals surface area contributed by atoms with Gasteiger partial charge >= 0.3 is 0 Å². The first-order chi connectivity index (χ1) is 14.3. The van der Waals surface area contributed by atoms with Gasteiger partial charge in [0.1, 0.15) is 0 Å². The van der Waals surface area contributed by atoms with Gasteiger partial charge in [-0.2, -0.15) is 0 Å². The maximum Gasteiger partial charge on any atom is 0.240 e. The van der Waals surface area contributed by atoms with Gasteiger partial charge < -0.3 is 10.0 Å². The number of carbonyl (C=O) groups excluding carboxylic acids is 1. The molecule has 1 saturated heterocycles. The minimum Gasteiger partial charge on any atom is -0.389 e. The highest BCUT2D eigenvalue weighted by atomic mass is 32.2. The topological polar surface area (TPSA) is 86.7 Å². The van der Waals surface area contributed by atoms with E-state index in [4.69, 9.17) is 0 Å². The van der Waals surface area contributed by atoms with E-state index in [1.807, 2.05) is 11.8 Å². The molecule has 1 heterocycles. The Morgan fingerprint density at radius 1 is 1.07 bits per heavy atom. The third-order valence-electron chi connectivity index (χ3n) is 7.47. The minimum atomic E-state index is -3.53.